The van der Waals surface area contributed by atoms with Crippen LogP contribution in [0, 0.1) is 6.92 Å². The van der Waals surface area contributed by atoms with Crippen LogP contribution in [0.5, 0.6) is 0 Å². The topological polar surface area (TPSA) is 66.9 Å². The maximum Gasteiger partial charge on any atom is 0.255 e. The van der Waals surface area contributed by atoms with Gasteiger partial charge >= 0.3 is 0 Å². The van der Waals surface area contributed by atoms with Gasteiger partial charge in [-0.25, -0.2) is 9.97 Å². The first kappa shape index (κ1) is 15.4. The highest BCUT2D eigenvalue weighted by atomic mass is 32.1. The van der Waals surface area contributed by atoms with Crippen LogP contribution in [0.4, 0.5) is 5.82 Å². The Balaban J connectivity index is 2.09. The third kappa shape index (κ3) is 4.01. The van der Waals surface area contributed by atoms with Crippen molar-refractivity contribution in [3.63, 3.8) is 0 Å². The van der Waals surface area contributed by atoms with Crippen LogP contribution >= 0.6 is 11.3 Å². The fourth-order valence-corrected chi connectivity index (χ4v) is 2.68. The number of aromatic nitrogens is 2. The lowest BCUT2D eigenvalue weighted by molar-refractivity contribution is 0.0940. The molecule has 21 heavy (non-hydrogen) atoms. The number of carbonyl (C=O) groups excluding carboxylic acids is 1. The molecule has 2 heterocycles. The quantitative estimate of drug-likeness (QED) is 0.860. The minimum atomic E-state index is -0.137. The fraction of sp³-hybridized carbons (Fsp3) is 0.400. The third-order valence-corrected chi connectivity index (χ3v) is 4.09. The van der Waals surface area contributed by atoms with Crippen molar-refractivity contribution in [2.24, 2.45) is 0 Å². The molecule has 2 rings (SSSR count). The van der Waals surface area contributed by atoms with E-state index in [2.05, 4.69) is 27.5 Å². The van der Waals surface area contributed by atoms with E-state index < -0.39 is 0 Å². The van der Waals surface area contributed by atoms with Crippen LogP contribution in [0.2, 0.25) is 0 Å². The average molecular weight is 304 g/mol. The summed E-state index contributed by atoms with van der Waals surface area (Å²) in [5, 5.41) is 9.04. The predicted octanol–water partition coefficient (Wildman–Crippen LogP) is 3.16. The molecule has 0 saturated heterocycles. The summed E-state index contributed by atoms with van der Waals surface area (Å²) in [5.41, 5.74) is 1.54. The molecule has 0 saturated carbocycles. The number of carbonyl (C=O) groups is 1. The molecule has 1 amide bonds. The Labute approximate surface area is 128 Å². The summed E-state index contributed by atoms with van der Waals surface area (Å²) in [5.74, 6) is 0.487. The van der Waals surface area contributed by atoms with Gasteiger partial charge < -0.3 is 10.6 Å². The second kappa shape index (κ2) is 7.17. The van der Waals surface area contributed by atoms with Crippen LogP contribution in [0.3, 0.4) is 0 Å². The Kier molecular flexibility index (Phi) is 5.27. The highest BCUT2D eigenvalue weighted by Gasteiger charge is 2.17. The normalized spacial score (nSPS) is 12.0. The van der Waals surface area contributed by atoms with E-state index in [1.165, 1.54) is 0 Å². The van der Waals surface area contributed by atoms with Gasteiger partial charge in [-0.2, -0.15) is 0 Å². The molecule has 0 aliphatic carbocycles. The summed E-state index contributed by atoms with van der Waals surface area (Å²) in [6.45, 7) is 6.75. The molecule has 2 N–H and O–H groups in total. The number of pyridine rings is 1. The number of nitrogens with zero attached hydrogens (tertiary/aromatic N) is 2. The molecule has 2 aromatic rings. The van der Waals surface area contributed by atoms with Crippen molar-refractivity contribution >= 4 is 23.1 Å². The van der Waals surface area contributed by atoms with E-state index in [-0.39, 0.29) is 11.9 Å². The highest BCUT2D eigenvalue weighted by molar-refractivity contribution is 7.09. The zero-order chi connectivity index (χ0) is 15.2. The zero-order valence-corrected chi connectivity index (χ0v) is 13.3. The minimum Gasteiger partial charge on any atom is -0.369 e. The van der Waals surface area contributed by atoms with Gasteiger partial charge in [0, 0.05) is 23.8 Å². The van der Waals surface area contributed by atoms with Crippen LogP contribution in [-0.2, 0) is 0 Å². The molecule has 0 aliphatic rings. The summed E-state index contributed by atoms with van der Waals surface area (Å²) in [6, 6.07) is 3.43. The van der Waals surface area contributed by atoms with Gasteiger partial charge in [-0.1, -0.05) is 6.92 Å². The molecule has 0 aromatic carbocycles. The lowest BCUT2D eigenvalue weighted by atomic mass is 10.2. The molecule has 6 heteroatoms. The van der Waals surface area contributed by atoms with Gasteiger partial charge in [-0.05, 0) is 32.4 Å². The van der Waals surface area contributed by atoms with Crippen molar-refractivity contribution < 1.29 is 4.79 Å². The predicted molar refractivity (Wildman–Crippen MR) is 85.7 cm³/mol. The summed E-state index contributed by atoms with van der Waals surface area (Å²) in [7, 11) is 0. The van der Waals surface area contributed by atoms with E-state index >= 15 is 0 Å². The van der Waals surface area contributed by atoms with Gasteiger partial charge in [0.1, 0.15) is 10.8 Å². The summed E-state index contributed by atoms with van der Waals surface area (Å²) >= 11 is 1.56. The number of aryl methyl sites for hydroxylation is 1. The second-order valence-electron chi connectivity index (χ2n) is 4.85. The Hall–Kier alpha value is -1.95. The van der Waals surface area contributed by atoms with Crippen molar-refractivity contribution in [2.75, 3.05) is 11.9 Å². The SMILES string of the molecule is CCCNc1ncccc1C(=O)NC(C)c1nc(C)cs1. The number of amides is 1. The molecule has 112 valence electrons. The molecule has 5 nitrogen and oxygen atoms in total. The van der Waals surface area contributed by atoms with Gasteiger partial charge in [-0.15, -0.1) is 11.3 Å². The molecule has 0 bridgehead atoms. The summed E-state index contributed by atoms with van der Waals surface area (Å²) < 4.78 is 0. The number of hydrogen-bond acceptors (Lipinski definition) is 5. The molecule has 0 spiro atoms. The Morgan fingerprint density at radius 3 is 2.95 bits per heavy atom. The van der Waals surface area contributed by atoms with Crippen molar-refractivity contribution in [1.82, 2.24) is 15.3 Å². The van der Waals surface area contributed by atoms with Crippen molar-refractivity contribution in [2.45, 2.75) is 33.2 Å². The Bertz CT molecular complexity index is 611. The molecular formula is C15H20N4OS. The van der Waals surface area contributed by atoms with Crippen molar-refractivity contribution in [3.05, 3.63) is 40.0 Å². The molecule has 2 aromatic heterocycles. The van der Waals surface area contributed by atoms with Gasteiger partial charge in [-0.3, -0.25) is 4.79 Å². The van der Waals surface area contributed by atoms with Crippen LogP contribution in [0.1, 0.15) is 47.4 Å². The Morgan fingerprint density at radius 2 is 2.29 bits per heavy atom. The van der Waals surface area contributed by atoms with E-state index in [4.69, 9.17) is 0 Å². The average Bonchev–Trinajstić information content (AvgIpc) is 2.92. The number of anilines is 1. The molecular weight excluding hydrogens is 284 g/mol. The lowest BCUT2D eigenvalue weighted by Gasteiger charge is -2.14. The van der Waals surface area contributed by atoms with Gasteiger partial charge in [0.05, 0.1) is 11.6 Å². The van der Waals surface area contributed by atoms with E-state index in [1.807, 2.05) is 19.2 Å². The first-order chi connectivity index (χ1) is 10.1. The van der Waals surface area contributed by atoms with E-state index in [0.717, 1.165) is 23.7 Å². The second-order valence-corrected chi connectivity index (χ2v) is 5.74. The van der Waals surface area contributed by atoms with E-state index in [9.17, 15) is 4.79 Å². The molecule has 0 aliphatic heterocycles. The number of thiazole rings is 1. The van der Waals surface area contributed by atoms with Crippen LogP contribution < -0.4 is 10.6 Å². The highest BCUT2D eigenvalue weighted by Crippen LogP contribution is 2.19. The van der Waals surface area contributed by atoms with Crippen molar-refractivity contribution in [3.8, 4) is 0 Å². The summed E-state index contributed by atoms with van der Waals surface area (Å²) in [6.07, 6.45) is 2.66. The van der Waals surface area contributed by atoms with Crippen LogP contribution in [0.15, 0.2) is 23.7 Å². The largest absolute Gasteiger partial charge is 0.369 e. The standard InChI is InChI=1S/C15H20N4OS/c1-4-7-16-13-12(6-5-8-17-13)14(20)19-11(3)15-18-10(2)9-21-15/h5-6,8-9,11H,4,7H2,1-3H3,(H,16,17)(H,19,20). The van der Waals surface area contributed by atoms with Gasteiger partial charge in [0.2, 0.25) is 0 Å². The Morgan fingerprint density at radius 1 is 1.48 bits per heavy atom. The van der Waals surface area contributed by atoms with Crippen molar-refractivity contribution in [1.29, 1.82) is 0 Å². The number of rotatable bonds is 6. The first-order valence-electron chi connectivity index (χ1n) is 7.03. The summed E-state index contributed by atoms with van der Waals surface area (Å²) in [4.78, 5) is 21.0. The van der Waals surface area contributed by atoms with Gasteiger partial charge in [0.25, 0.3) is 5.91 Å². The van der Waals surface area contributed by atoms with E-state index in [0.29, 0.717) is 11.4 Å². The fourth-order valence-electron chi connectivity index (χ4n) is 1.88. The minimum absolute atomic E-state index is 0.115. The zero-order valence-electron chi connectivity index (χ0n) is 12.5. The smallest absolute Gasteiger partial charge is 0.255 e. The van der Waals surface area contributed by atoms with Gasteiger partial charge in [0.15, 0.2) is 0 Å². The first-order valence-corrected chi connectivity index (χ1v) is 7.91. The molecule has 1 atom stereocenters. The number of hydrogen-bond donors (Lipinski definition) is 2. The lowest BCUT2D eigenvalue weighted by Crippen LogP contribution is -2.27. The third-order valence-electron chi connectivity index (χ3n) is 2.95. The van der Waals surface area contributed by atoms with Crippen LogP contribution in [0.25, 0.3) is 0 Å². The molecule has 1 unspecified atom stereocenters. The van der Waals surface area contributed by atoms with E-state index in [1.54, 1.807) is 29.7 Å². The molecule has 0 radical (unpaired) electrons. The monoisotopic (exact) mass is 304 g/mol. The number of nitrogens with one attached hydrogen (secondary N) is 2. The maximum absolute atomic E-state index is 12.4. The molecule has 0 fully saturated rings. The maximum atomic E-state index is 12.4. The van der Waals surface area contributed by atoms with Crippen LogP contribution in [-0.4, -0.2) is 22.4 Å².